The molecule has 0 saturated carbocycles. The van der Waals surface area contributed by atoms with Gasteiger partial charge in [0, 0.05) is 12.8 Å². The van der Waals surface area contributed by atoms with Crippen LogP contribution in [0.25, 0.3) is 0 Å². The highest BCUT2D eigenvalue weighted by molar-refractivity contribution is 5.98. The smallest absolute Gasteiger partial charge is 0.230 e. The first kappa shape index (κ1) is 6.95. The van der Waals surface area contributed by atoms with E-state index < -0.39 is 0 Å². The predicted octanol–water partition coefficient (Wildman–Crippen LogP) is 1.53. The topological polar surface area (TPSA) is 29.5 Å². The molecule has 1 aromatic carbocycles. The summed E-state index contributed by atoms with van der Waals surface area (Å²) in [6, 6.07) is 7.68. The fourth-order valence-electron chi connectivity index (χ4n) is 1.96. The van der Waals surface area contributed by atoms with Crippen molar-refractivity contribution in [2.75, 3.05) is 4.90 Å². The number of hydrogen-bond acceptors (Lipinski definition) is 2. The lowest BCUT2D eigenvalue weighted by atomic mass is 10.3. The van der Waals surface area contributed by atoms with Gasteiger partial charge in [0.15, 0.2) is 6.23 Å². The summed E-state index contributed by atoms with van der Waals surface area (Å²) >= 11 is 0. The first-order valence-corrected chi connectivity index (χ1v) is 4.44. The highest BCUT2D eigenvalue weighted by Crippen LogP contribution is 2.41. The lowest BCUT2D eigenvalue weighted by Gasteiger charge is -2.12. The summed E-state index contributed by atoms with van der Waals surface area (Å²) in [6.07, 6.45) is 1.39. The lowest BCUT2D eigenvalue weighted by molar-refractivity contribution is -0.117. The van der Waals surface area contributed by atoms with Gasteiger partial charge in [-0.3, -0.25) is 9.69 Å². The summed E-state index contributed by atoms with van der Waals surface area (Å²) < 4.78 is 5.61. The number of nitrogens with zero attached hydrogens (tertiary/aromatic N) is 1. The SMILES string of the molecule is O=C1CCC2Oc3ccccc3N12. The molecule has 2 aliphatic rings. The van der Waals surface area contributed by atoms with Crippen LogP contribution in [-0.2, 0) is 4.79 Å². The second-order valence-electron chi connectivity index (χ2n) is 3.34. The molecule has 1 aromatic rings. The van der Waals surface area contributed by atoms with E-state index in [-0.39, 0.29) is 12.1 Å². The predicted molar refractivity (Wildman–Crippen MR) is 47.6 cm³/mol. The van der Waals surface area contributed by atoms with Gasteiger partial charge in [-0.1, -0.05) is 12.1 Å². The minimum absolute atomic E-state index is 0.0371. The molecule has 0 aliphatic carbocycles. The zero-order valence-corrected chi connectivity index (χ0v) is 7.06. The Labute approximate surface area is 75.9 Å². The van der Waals surface area contributed by atoms with Gasteiger partial charge < -0.3 is 4.74 Å². The molecule has 1 atom stereocenters. The highest BCUT2D eigenvalue weighted by atomic mass is 16.5. The number of benzene rings is 1. The maximum atomic E-state index is 11.5. The van der Waals surface area contributed by atoms with Gasteiger partial charge in [-0.05, 0) is 12.1 Å². The van der Waals surface area contributed by atoms with Crippen LogP contribution in [0.2, 0.25) is 0 Å². The largest absolute Gasteiger partial charge is 0.468 e. The van der Waals surface area contributed by atoms with Crippen molar-refractivity contribution in [1.29, 1.82) is 0 Å². The van der Waals surface area contributed by atoms with Gasteiger partial charge >= 0.3 is 0 Å². The zero-order chi connectivity index (χ0) is 8.84. The van der Waals surface area contributed by atoms with E-state index in [1.165, 1.54) is 0 Å². The fraction of sp³-hybridized carbons (Fsp3) is 0.300. The number of carbonyl (C=O) groups excluding carboxylic acids is 1. The van der Waals surface area contributed by atoms with Crippen molar-refractivity contribution in [3.63, 3.8) is 0 Å². The molecular weight excluding hydrogens is 166 g/mol. The molecule has 3 nitrogen and oxygen atoms in total. The van der Waals surface area contributed by atoms with Crippen molar-refractivity contribution in [2.45, 2.75) is 19.1 Å². The van der Waals surface area contributed by atoms with Crippen LogP contribution in [0.5, 0.6) is 5.75 Å². The molecule has 1 saturated heterocycles. The van der Waals surface area contributed by atoms with Gasteiger partial charge in [0.25, 0.3) is 0 Å². The molecule has 3 rings (SSSR count). The Balaban J connectivity index is 2.13. The van der Waals surface area contributed by atoms with Crippen LogP contribution in [-0.4, -0.2) is 12.1 Å². The van der Waals surface area contributed by atoms with E-state index in [0.717, 1.165) is 17.9 Å². The number of amides is 1. The standard InChI is InChI=1S/C10H9NO2/c12-9-5-6-10-11(9)7-3-1-2-4-8(7)13-10/h1-4,10H,5-6H2. The normalized spacial score (nSPS) is 24.2. The van der Waals surface area contributed by atoms with Crippen LogP contribution in [0.3, 0.4) is 0 Å². The molecule has 13 heavy (non-hydrogen) atoms. The van der Waals surface area contributed by atoms with Crippen molar-refractivity contribution in [3.8, 4) is 5.75 Å². The molecule has 1 fully saturated rings. The van der Waals surface area contributed by atoms with E-state index in [4.69, 9.17) is 4.74 Å². The van der Waals surface area contributed by atoms with E-state index in [0.29, 0.717) is 6.42 Å². The van der Waals surface area contributed by atoms with Gasteiger partial charge in [0.2, 0.25) is 5.91 Å². The fourth-order valence-corrected chi connectivity index (χ4v) is 1.96. The first-order chi connectivity index (χ1) is 6.36. The molecular formula is C10H9NO2. The molecule has 0 N–H and O–H groups in total. The monoisotopic (exact) mass is 175 g/mol. The number of hydrogen-bond donors (Lipinski definition) is 0. The van der Waals surface area contributed by atoms with Gasteiger partial charge in [-0.25, -0.2) is 0 Å². The molecule has 0 bridgehead atoms. The number of ether oxygens (including phenoxy) is 1. The Morgan fingerprint density at radius 2 is 2.23 bits per heavy atom. The van der Waals surface area contributed by atoms with Crippen LogP contribution in [0.4, 0.5) is 5.69 Å². The average Bonchev–Trinajstić information content (AvgIpc) is 2.66. The zero-order valence-electron chi connectivity index (χ0n) is 7.06. The third-order valence-electron chi connectivity index (χ3n) is 2.55. The number of rotatable bonds is 0. The quantitative estimate of drug-likeness (QED) is 0.598. The van der Waals surface area contributed by atoms with E-state index in [1.807, 2.05) is 24.3 Å². The molecule has 1 amide bonds. The van der Waals surface area contributed by atoms with Gasteiger partial charge in [-0.15, -0.1) is 0 Å². The summed E-state index contributed by atoms with van der Waals surface area (Å²) in [7, 11) is 0. The summed E-state index contributed by atoms with van der Waals surface area (Å²) in [6.45, 7) is 0. The Bertz CT molecular complexity index is 375. The maximum absolute atomic E-state index is 11.5. The third-order valence-corrected chi connectivity index (χ3v) is 2.55. The van der Waals surface area contributed by atoms with Crippen molar-refractivity contribution in [1.82, 2.24) is 0 Å². The van der Waals surface area contributed by atoms with E-state index in [9.17, 15) is 4.79 Å². The van der Waals surface area contributed by atoms with Gasteiger partial charge in [-0.2, -0.15) is 0 Å². The van der Waals surface area contributed by atoms with E-state index >= 15 is 0 Å². The molecule has 2 aliphatic heterocycles. The second kappa shape index (κ2) is 2.25. The molecule has 0 spiro atoms. The maximum Gasteiger partial charge on any atom is 0.230 e. The minimum atomic E-state index is -0.0371. The molecule has 1 unspecified atom stereocenters. The van der Waals surface area contributed by atoms with Crippen LogP contribution in [0.1, 0.15) is 12.8 Å². The average molecular weight is 175 g/mol. The Morgan fingerprint density at radius 1 is 1.38 bits per heavy atom. The number of fused-ring (bicyclic) bond motifs is 3. The summed E-state index contributed by atoms with van der Waals surface area (Å²) in [5.41, 5.74) is 0.926. The highest BCUT2D eigenvalue weighted by Gasteiger charge is 2.40. The molecule has 3 heteroatoms. The molecule has 2 heterocycles. The number of anilines is 1. The van der Waals surface area contributed by atoms with Crippen LogP contribution in [0, 0.1) is 0 Å². The van der Waals surface area contributed by atoms with Crippen molar-refractivity contribution in [2.24, 2.45) is 0 Å². The van der Waals surface area contributed by atoms with Crippen LogP contribution < -0.4 is 9.64 Å². The van der Waals surface area contributed by atoms with Gasteiger partial charge in [0.1, 0.15) is 5.75 Å². The number of para-hydroxylation sites is 2. The van der Waals surface area contributed by atoms with E-state index in [1.54, 1.807) is 4.90 Å². The minimum Gasteiger partial charge on any atom is -0.468 e. The summed E-state index contributed by atoms with van der Waals surface area (Å²) in [5.74, 6) is 1.01. The first-order valence-electron chi connectivity index (χ1n) is 4.44. The second-order valence-corrected chi connectivity index (χ2v) is 3.34. The Hall–Kier alpha value is -1.51. The lowest BCUT2D eigenvalue weighted by Crippen LogP contribution is -2.31. The number of carbonyl (C=O) groups is 1. The van der Waals surface area contributed by atoms with Gasteiger partial charge in [0.05, 0.1) is 5.69 Å². The van der Waals surface area contributed by atoms with Crippen molar-refractivity contribution in [3.05, 3.63) is 24.3 Å². The molecule has 66 valence electrons. The Kier molecular flexibility index (Phi) is 1.20. The molecule has 0 aromatic heterocycles. The van der Waals surface area contributed by atoms with E-state index in [2.05, 4.69) is 0 Å². The van der Waals surface area contributed by atoms with Crippen molar-refractivity contribution < 1.29 is 9.53 Å². The van der Waals surface area contributed by atoms with Crippen LogP contribution in [0.15, 0.2) is 24.3 Å². The summed E-state index contributed by atoms with van der Waals surface area (Å²) in [5, 5.41) is 0. The van der Waals surface area contributed by atoms with Crippen LogP contribution >= 0.6 is 0 Å². The molecule has 0 radical (unpaired) electrons. The summed E-state index contributed by atoms with van der Waals surface area (Å²) in [4.78, 5) is 13.2. The van der Waals surface area contributed by atoms with Crippen molar-refractivity contribution >= 4 is 11.6 Å². The third kappa shape index (κ3) is 0.813. The Morgan fingerprint density at radius 3 is 3.15 bits per heavy atom.